The third-order valence-electron chi connectivity index (χ3n) is 6.60. The molecule has 0 aromatic rings. The fourth-order valence-corrected chi connectivity index (χ4v) is 4.02. The molecule has 0 radical (unpaired) electrons. The van der Waals surface area contributed by atoms with Crippen LogP contribution in [0.4, 0.5) is 0 Å². The largest absolute Gasteiger partial charge is 0.462 e. The molecule has 0 saturated carbocycles. The van der Waals surface area contributed by atoms with Crippen molar-refractivity contribution in [3.8, 4) is 0 Å². The molecular formula is C35H58O8. The lowest BCUT2D eigenvalue weighted by Crippen LogP contribution is -2.29. The van der Waals surface area contributed by atoms with E-state index in [1.165, 1.54) is 31.8 Å². The Morgan fingerprint density at radius 3 is 1.98 bits per heavy atom. The van der Waals surface area contributed by atoms with Crippen LogP contribution in [-0.4, -0.2) is 70.0 Å². The monoisotopic (exact) mass is 606 g/mol. The van der Waals surface area contributed by atoms with Gasteiger partial charge in [0.25, 0.3) is 0 Å². The van der Waals surface area contributed by atoms with Crippen LogP contribution in [0.1, 0.15) is 104 Å². The molecule has 4 atom stereocenters. The van der Waals surface area contributed by atoms with Gasteiger partial charge in [0.1, 0.15) is 6.61 Å². The minimum atomic E-state index is -1.09. The molecule has 4 N–H and O–H groups in total. The molecule has 0 fully saturated rings. The molecule has 0 bridgehead atoms. The number of hydrogen-bond acceptors (Lipinski definition) is 8. The third kappa shape index (κ3) is 26.8. The molecule has 0 aliphatic heterocycles. The van der Waals surface area contributed by atoms with E-state index in [4.69, 9.17) is 9.47 Å². The van der Waals surface area contributed by atoms with Crippen molar-refractivity contribution < 1.29 is 39.5 Å². The third-order valence-corrected chi connectivity index (χ3v) is 6.60. The van der Waals surface area contributed by atoms with Crippen molar-refractivity contribution in [3.63, 3.8) is 0 Å². The number of aliphatic hydroxyl groups excluding tert-OH is 4. The van der Waals surface area contributed by atoms with Gasteiger partial charge in [-0.2, -0.15) is 0 Å². The van der Waals surface area contributed by atoms with Crippen molar-refractivity contribution in [2.45, 2.75) is 129 Å². The van der Waals surface area contributed by atoms with E-state index in [1.54, 1.807) is 42.5 Å². The van der Waals surface area contributed by atoms with Crippen molar-refractivity contribution in [1.82, 2.24) is 0 Å². The van der Waals surface area contributed by atoms with Gasteiger partial charge >= 0.3 is 11.9 Å². The molecule has 0 unspecified atom stereocenters. The molecule has 8 heteroatoms. The highest BCUT2D eigenvalue weighted by Crippen LogP contribution is 2.13. The zero-order chi connectivity index (χ0) is 32.1. The number of aliphatic hydroxyl groups is 4. The second-order valence-corrected chi connectivity index (χ2v) is 11.2. The SMILES string of the molecule is CC/C=C\C[C@H](O)/C=C/C=C/C=C\C=C/[C@@H](O)[C@H](O)CCCC(=O)O[C@@H](CO)COC(=O)CCCCCCCCC(C)C. The molecule has 0 rings (SSSR count). The molecule has 0 saturated heterocycles. The highest BCUT2D eigenvalue weighted by Gasteiger charge is 2.18. The summed E-state index contributed by atoms with van der Waals surface area (Å²) in [5, 5.41) is 39.5. The van der Waals surface area contributed by atoms with Gasteiger partial charge < -0.3 is 29.9 Å². The topological polar surface area (TPSA) is 134 Å². The standard InChI is InChI=1S/C35H58O8/c1-4-5-14-21-30(37)22-16-11-7-8-12-17-23-32(38)33(39)24-19-26-35(41)43-31(27-36)28-42-34(40)25-18-13-9-6-10-15-20-29(2)3/h5,7-8,11-12,14,16-17,22-23,29-33,36-39H,4,6,9-10,13,15,18-21,24-28H2,1-3H3/b11-7+,12-8-,14-5-,22-16+,23-17-/t30-,31-,32+,33+/m0/s1. The average Bonchev–Trinajstić information content (AvgIpc) is 2.97. The first-order chi connectivity index (χ1) is 20.7. The molecule has 0 aliphatic rings. The van der Waals surface area contributed by atoms with E-state index in [-0.39, 0.29) is 31.8 Å². The number of esters is 2. The van der Waals surface area contributed by atoms with E-state index in [2.05, 4.69) is 13.8 Å². The van der Waals surface area contributed by atoms with Gasteiger partial charge in [0.15, 0.2) is 6.10 Å². The summed E-state index contributed by atoms with van der Waals surface area (Å²) in [5.74, 6) is -0.194. The molecule has 0 aliphatic carbocycles. The van der Waals surface area contributed by atoms with Crippen LogP contribution in [0, 0.1) is 5.92 Å². The minimum Gasteiger partial charge on any atom is -0.462 e. The van der Waals surface area contributed by atoms with Crippen LogP contribution in [0.5, 0.6) is 0 Å². The Morgan fingerprint density at radius 2 is 1.33 bits per heavy atom. The zero-order valence-corrected chi connectivity index (χ0v) is 26.7. The predicted octanol–water partition coefficient (Wildman–Crippen LogP) is 6.04. The van der Waals surface area contributed by atoms with Crippen LogP contribution >= 0.6 is 0 Å². The van der Waals surface area contributed by atoms with Crippen LogP contribution in [0.15, 0.2) is 60.8 Å². The molecular weight excluding hydrogens is 548 g/mol. The van der Waals surface area contributed by atoms with Crippen LogP contribution < -0.4 is 0 Å². The second kappa shape index (κ2) is 28.3. The summed E-state index contributed by atoms with van der Waals surface area (Å²) in [6.07, 6.45) is 24.0. The quantitative estimate of drug-likeness (QED) is 0.0405. The Bertz CT molecular complexity index is 843. The summed E-state index contributed by atoms with van der Waals surface area (Å²) in [5.41, 5.74) is 0. The molecule has 0 spiro atoms. The fraction of sp³-hybridized carbons (Fsp3) is 0.657. The van der Waals surface area contributed by atoms with Crippen LogP contribution in [0.25, 0.3) is 0 Å². The normalized spacial score (nSPS) is 15.3. The number of carbonyl (C=O) groups is 2. The van der Waals surface area contributed by atoms with Gasteiger partial charge in [-0.1, -0.05) is 120 Å². The van der Waals surface area contributed by atoms with E-state index in [0.717, 1.165) is 31.6 Å². The number of ether oxygens (including phenoxy) is 2. The van der Waals surface area contributed by atoms with Gasteiger partial charge in [-0.15, -0.1) is 0 Å². The number of unbranched alkanes of at least 4 members (excludes halogenated alkanes) is 5. The van der Waals surface area contributed by atoms with Crippen molar-refractivity contribution >= 4 is 11.9 Å². The molecule has 0 heterocycles. The van der Waals surface area contributed by atoms with Crippen molar-refractivity contribution in [3.05, 3.63) is 60.8 Å². The van der Waals surface area contributed by atoms with E-state index in [1.807, 2.05) is 19.1 Å². The summed E-state index contributed by atoms with van der Waals surface area (Å²) >= 11 is 0. The van der Waals surface area contributed by atoms with Gasteiger partial charge in [0, 0.05) is 12.8 Å². The summed E-state index contributed by atoms with van der Waals surface area (Å²) in [4.78, 5) is 24.1. The number of hydrogen-bond donors (Lipinski definition) is 4. The van der Waals surface area contributed by atoms with Gasteiger partial charge in [-0.25, -0.2) is 0 Å². The van der Waals surface area contributed by atoms with Crippen molar-refractivity contribution in [2.24, 2.45) is 5.92 Å². The first-order valence-corrected chi connectivity index (χ1v) is 16.0. The predicted molar refractivity (Wildman–Crippen MR) is 172 cm³/mol. The van der Waals surface area contributed by atoms with Crippen LogP contribution in [0.2, 0.25) is 0 Å². The van der Waals surface area contributed by atoms with Crippen LogP contribution in [0.3, 0.4) is 0 Å². The molecule has 0 amide bonds. The maximum absolute atomic E-state index is 12.1. The highest BCUT2D eigenvalue weighted by molar-refractivity contribution is 5.70. The molecule has 43 heavy (non-hydrogen) atoms. The Morgan fingerprint density at radius 1 is 0.721 bits per heavy atom. The molecule has 246 valence electrons. The lowest BCUT2D eigenvalue weighted by Gasteiger charge is -2.17. The first-order valence-electron chi connectivity index (χ1n) is 16.0. The highest BCUT2D eigenvalue weighted by atomic mass is 16.6. The van der Waals surface area contributed by atoms with Crippen LogP contribution in [-0.2, 0) is 19.1 Å². The van der Waals surface area contributed by atoms with E-state index in [0.29, 0.717) is 12.8 Å². The maximum Gasteiger partial charge on any atom is 0.306 e. The number of allylic oxidation sites excluding steroid dienone is 7. The molecule has 0 aromatic heterocycles. The van der Waals surface area contributed by atoms with E-state index >= 15 is 0 Å². The summed E-state index contributed by atoms with van der Waals surface area (Å²) in [6.45, 7) is 5.85. The van der Waals surface area contributed by atoms with E-state index in [9.17, 15) is 30.0 Å². The zero-order valence-electron chi connectivity index (χ0n) is 26.7. The summed E-state index contributed by atoms with van der Waals surface area (Å²) in [7, 11) is 0. The number of rotatable bonds is 26. The Labute approximate surface area is 259 Å². The van der Waals surface area contributed by atoms with Gasteiger partial charge in [-0.3, -0.25) is 9.59 Å². The maximum atomic E-state index is 12.1. The van der Waals surface area contributed by atoms with Crippen molar-refractivity contribution in [1.29, 1.82) is 0 Å². The minimum absolute atomic E-state index is 0.00306. The summed E-state index contributed by atoms with van der Waals surface area (Å²) in [6, 6.07) is 0. The van der Waals surface area contributed by atoms with Crippen molar-refractivity contribution in [2.75, 3.05) is 13.2 Å². The van der Waals surface area contributed by atoms with E-state index < -0.39 is 37.0 Å². The smallest absolute Gasteiger partial charge is 0.306 e. The van der Waals surface area contributed by atoms with Gasteiger partial charge in [-0.05, 0) is 38.0 Å². The molecule has 0 aromatic carbocycles. The lowest BCUT2D eigenvalue weighted by atomic mass is 10.0. The van der Waals surface area contributed by atoms with Gasteiger partial charge in [0.05, 0.1) is 24.9 Å². The van der Waals surface area contributed by atoms with Gasteiger partial charge in [0.2, 0.25) is 0 Å². The summed E-state index contributed by atoms with van der Waals surface area (Å²) < 4.78 is 10.3. The first kappa shape index (κ1) is 40.5. The average molecular weight is 607 g/mol. The Hall–Kier alpha value is -2.52. The fourth-order valence-electron chi connectivity index (χ4n) is 4.02. The Balaban J connectivity index is 4.08. The second-order valence-electron chi connectivity index (χ2n) is 11.2. The Kier molecular flexibility index (Phi) is 26.6. The molecule has 8 nitrogen and oxygen atoms in total. The lowest BCUT2D eigenvalue weighted by molar-refractivity contribution is -0.161. The number of carbonyl (C=O) groups excluding carboxylic acids is 2.